The molecule has 1 atom stereocenters. The first kappa shape index (κ1) is 7.94. The van der Waals surface area contributed by atoms with Crippen LogP contribution >= 0.6 is 0 Å². The lowest BCUT2D eigenvalue weighted by atomic mass is 10.1. The highest BCUT2D eigenvalue weighted by molar-refractivity contribution is 5.94. The molecule has 0 fully saturated rings. The molecule has 0 aliphatic carbocycles. The number of hydrogen-bond donors (Lipinski definition) is 2. The molecule has 0 bridgehead atoms. The van der Waals surface area contributed by atoms with Crippen molar-refractivity contribution >= 4 is 11.7 Å². The van der Waals surface area contributed by atoms with E-state index in [1.165, 1.54) is 0 Å². The van der Waals surface area contributed by atoms with E-state index >= 15 is 0 Å². The van der Waals surface area contributed by atoms with Crippen LogP contribution in [0, 0.1) is 0 Å². The summed E-state index contributed by atoms with van der Waals surface area (Å²) in [6.07, 6.45) is 4.16. The van der Waals surface area contributed by atoms with Crippen LogP contribution < -0.4 is 5.73 Å². The summed E-state index contributed by atoms with van der Waals surface area (Å²) in [6, 6.07) is -0.428. The molecule has 4 heteroatoms. The molecule has 60 valence electrons. The zero-order valence-corrected chi connectivity index (χ0v) is 6.03. The Morgan fingerprint density at radius 1 is 1.91 bits per heavy atom. The maximum atomic E-state index is 10.2. The van der Waals surface area contributed by atoms with Gasteiger partial charge in [0.25, 0.3) is 0 Å². The van der Waals surface area contributed by atoms with E-state index in [2.05, 4.69) is 4.99 Å². The molecule has 1 aliphatic rings. The summed E-state index contributed by atoms with van der Waals surface area (Å²) in [5.74, 6) is -0.882. The van der Waals surface area contributed by atoms with Gasteiger partial charge in [0.1, 0.15) is 0 Å². The molecule has 0 saturated carbocycles. The van der Waals surface area contributed by atoms with Crippen molar-refractivity contribution < 1.29 is 9.90 Å². The second kappa shape index (κ2) is 3.30. The van der Waals surface area contributed by atoms with E-state index in [1.807, 2.05) is 6.08 Å². The number of nitrogens with zero attached hydrogens (tertiary/aromatic N) is 1. The quantitative estimate of drug-likeness (QED) is 0.607. The van der Waals surface area contributed by atoms with Crippen molar-refractivity contribution in [2.45, 2.75) is 18.9 Å². The summed E-state index contributed by atoms with van der Waals surface area (Å²) in [6.45, 7) is 0. The predicted octanol–water partition coefficient (Wildman–Crippen LogP) is 0.147. The second-order valence-electron chi connectivity index (χ2n) is 2.41. The number of aliphatic carboxylic acids is 1. The molecule has 0 radical (unpaired) electrons. The molecular weight excluding hydrogens is 144 g/mol. The Kier molecular flexibility index (Phi) is 2.38. The van der Waals surface area contributed by atoms with E-state index in [0.717, 1.165) is 5.71 Å². The maximum Gasteiger partial charge on any atom is 0.305 e. The summed E-state index contributed by atoms with van der Waals surface area (Å²) in [5, 5.41) is 8.39. The fraction of sp³-hybridized carbons (Fsp3) is 0.429. The summed E-state index contributed by atoms with van der Waals surface area (Å²) in [7, 11) is 0. The maximum absolute atomic E-state index is 10.2. The Morgan fingerprint density at radius 3 is 3.09 bits per heavy atom. The topological polar surface area (TPSA) is 75.7 Å². The first-order valence-corrected chi connectivity index (χ1v) is 3.39. The number of aliphatic imine (C=N–C) groups is 1. The highest BCUT2D eigenvalue weighted by Gasteiger charge is 2.14. The standard InChI is InChI=1S/C7H10N2O2/c8-5(4-7(10)11)6-2-1-3-9-6/h1,3,5H,2,4,8H2,(H,10,11)/t5-/m0/s1. The molecule has 0 amide bonds. The van der Waals surface area contributed by atoms with Gasteiger partial charge in [-0.1, -0.05) is 6.08 Å². The van der Waals surface area contributed by atoms with Gasteiger partial charge >= 0.3 is 5.97 Å². The molecular formula is C7H10N2O2. The Balaban J connectivity index is 2.42. The van der Waals surface area contributed by atoms with Crippen LogP contribution in [0.5, 0.6) is 0 Å². The molecule has 0 spiro atoms. The van der Waals surface area contributed by atoms with Crippen LogP contribution in [0.4, 0.5) is 0 Å². The van der Waals surface area contributed by atoms with E-state index in [1.54, 1.807) is 6.20 Å². The van der Waals surface area contributed by atoms with Crippen molar-refractivity contribution in [3.63, 3.8) is 0 Å². The minimum atomic E-state index is -0.882. The van der Waals surface area contributed by atoms with Gasteiger partial charge in [-0.3, -0.25) is 9.79 Å². The highest BCUT2D eigenvalue weighted by Crippen LogP contribution is 2.04. The monoisotopic (exact) mass is 154 g/mol. The summed E-state index contributed by atoms with van der Waals surface area (Å²) < 4.78 is 0. The molecule has 3 N–H and O–H groups in total. The molecule has 0 unspecified atom stereocenters. The third kappa shape index (κ3) is 2.16. The van der Waals surface area contributed by atoms with Crippen LogP contribution in [0.3, 0.4) is 0 Å². The van der Waals surface area contributed by atoms with Crippen molar-refractivity contribution in [1.29, 1.82) is 0 Å². The van der Waals surface area contributed by atoms with Gasteiger partial charge in [0.05, 0.1) is 12.5 Å². The van der Waals surface area contributed by atoms with Crippen LogP contribution in [0.15, 0.2) is 17.3 Å². The normalized spacial score (nSPS) is 18.1. The van der Waals surface area contributed by atoms with Crippen molar-refractivity contribution in [3.05, 3.63) is 12.3 Å². The predicted molar refractivity (Wildman–Crippen MR) is 41.4 cm³/mol. The van der Waals surface area contributed by atoms with Crippen LogP contribution in [0.2, 0.25) is 0 Å². The Bertz CT molecular complexity index is 220. The number of nitrogens with two attached hydrogens (primary N) is 1. The molecule has 4 nitrogen and oxygen atoms in total. The van der Waals surface area contributed by atoms with Crippen LogP contribution in [-0.4, -0.2) is 22.8 Å². The zero-order chi connectivity index (χ0) is 8.27. The average Bonchev–Trinajstić information content (AvgIpc) is 2.35. The zero-order valence-electron chi connectivity index (χ0n) is 6.03. The number of allylic oxidation sites excluding steroid dienone is 1. The number of carbonyl (C=O) groups is 1. The molecule has 1 rings (SSSR count). The van der Waals surface area contributed by atoms with E-state index in [9.17, 15) is 4.79 Å². The molecule has 0 saturated heterocycles. The number of carboxylic acid groups (broad SMARTS) is 1. The SMILES string of the molecule is N[C@@H](CC(=O)O)C1=NC=CC1. The molecule has 1 heterocycles. The van der Waals surface area contributed by atoms with E-state index in [-0.39, 0.29) is 6.42 Å². The third-order valence-electron chi connectivity index (χ3n) is 1.50. The first-order valence-electron chi connectivity index (χ1n) is 3.39. The van der Waals surface area contributed by atoms with Gasteiger partial charge in [0.15, 0.2) is 0 Å². The minimum Gasteiger partial charge on any atom is -0.481 e. The van der Waals surface area contributed by atoms with Gasteiger partial charge in [-0.05, 0) is 0 Å². The Morgan fingerprint density at radius 2 is 2.64 bits per heavy atom. The van der Waals surface area contributed by atoms with Crippen LogP contribution in [0.1, 0.15) is 12.8 Å². The lowest BCUT2D eigenvalue weighted by Crippen LogP contribution is -2.31. The van der Waals surface area contributed by atoms with E-state index < -0.39 is 12.0 Å². The smallest absolute Gasteiger partial charge is 0.305 e. The highest BCUT2D eigenvalue weighted by atomic mass is 16.4. The van der Waals surface area contributed by atoms with Gasteiger partial charge in [-0.2, -0.15) is 0 Å². The lowest BCUT2D eigenvalue weighted by molar-refractivity contribution is -0.137. The summed E-state index contributed by atoms with van der Waals surface area (Å²) in [5.41, 5.74) is 6.29. The van der Waals surface area contributed by atoms with Gasteiger partial charge in [0.2, 0.25) is 0 Å². The third-order valence-corrected chi connectivity index (χ3v) is 1.50. The van der Waals surface area contributed by atoms with Gasteiger partial charge < -0.3 is 10.8 Å². The van der Waals surface area contributed by atoms with Crippen molar-refractivity contribution in [1.82, 2.24) is 0 Å². The van der Waals surface area contributed by atoms with Gasteiger partial charge in [-0.25, -0.2) is 0 Å². The van der Waals surface area contributed by atoms with Crippen molar-refractivity contribution in [2.75, 3.05) is 0 Å². The van der Waals surface area contributed by atoms with E-state index in [0.29, 0.717) is 6.42 Å². The number of hydrogen-bond acceptors (Lipinski definition) is 3. The first-order chi connectivity index (χ1) is 5.20. The molecule has 1 aliphatic heterocycles. The Labute approximate surface area is 64.4 Å². The largest absolute Gasteiger partial charge is 0.481 e. The second-order valence-corrected chi connectivity index (χ2v) is 2.41. The Hall–Kier alpha value is -1.16. The molecule has 0 aromatic rings. The summed E-state index contributed by atoms with van der Waals surface area (Å²) in [4.78, 5) is 14.1. The molecule has 0 aromatic heterocycles. The number of carboxylic acids is 1. The summed E-state index contributed by atoms with van der Waals surface area (Å²) >= 11 is 0. The van der Waals surface area contributed by atoms with Crippen LogP contribution in [0.25, 0.3) is 0 Å². The van der Waals surface area contributed by atoms with Crippen LogP contribution in [-0.2, 0) is 4.79 Å². The minimum absolute atomic E-state index is 0.0412. The molecule has 0 aromatic carbocycles. The van der Waals surface area contributed by atoms with E-state index in [4.69, 9.17) is 10.8 Å². The average molecular weight is 154 g/mol. The van der Waals surface area contributed by atoms with Gasteiger partial charge in [-0.15, -0.1) is 0 Å². The lowest BCUT2D eigenvalue weighted by Gasteiger charge is -2.06. The molecule has 11 heavy (non-hydrogen) atoms. The van der Waals surface area contributed by atoms with Gasteiger partial charge in [0, 0.05) is 18.3 Å². The van der Waals surface area contributed by atoms with Crippen molar-refractivity contribution in [3.8, 4) is 0 Å². The fourth-order valence-electron chi connectivity index (χ4n) is 0.928. The fourth-order valence-corrected chi connectivity index (χ4v) is 0.928. The number of rotatable bonds is 3. The van der Waals surface area contributed by atoms with Crippen molar-refractivity contribution in [2.24, 2.45) is 10.7 Å².